The fourth-order valence-electron chi connectivity index (χ4n) is 5.88. The van der Waals surface area contributed by atoms with Crippen LogP contribution in [0.15, 0.2) is 35.9 Å². The van der Waals surface area contributed by atoms with Crippen molar-refractivity contribution in [3.63, 3.8) is 0 Å². The largest absolute Gasteiger partial charge is 0.468 e. The molecule has 3 saturated heterocycles. The molecule has 1 unspecified atom stereocenters. The molecule has 136 valence electrons. The van der Waals surface area contributed by atoms with E-state index in [4.69, 9.17) is 4.74 Å². The Morgan fingerprint density at radius 3 is 3.00 bits per heavy atom. The standard InChI is InChI=1S/C21H24N2O3/c1-3-12-10-23-17-9-15(12)21(11-24,20(25)26-2)18(23)8-14-13-6-4-5-7-16(13)22-19(14)17/h3-7,15,17-18,22,24H,8-11H2,1-2H3/b12-3+/t15-,17-,18-,21-/m0/s1. The molecule has 1 aromatic heterocycles. The highest BCUT2D eigenvalue weighted by molar-refractivity contribution is 5.86. The van der Waals surface area contributed by atoms with Crippen LogP contribution in [0.5, 0.6) is 0 Å². The Bertz CT molecular complexity index is 930. The molecule has 2 N–H and O–H groups in total. The molecule has 0 saturated carbocycles. The number of nitrogens with one attached hydrogen (secondary N) is 1. The number of aliphatic hydroxyl groups is 1. The molecule has 5 atom stereocenters. The number of hydrogen-bond acceptors (Lipinski definition) is 4. The van der Waals surface area contributed by atoms with E-state index in [0.29, 0.717) is 0 Å². The van der Waals surface area contributed by atoms with Gasteiger partial charge < -0.3 is 14.8 Å². The summed E-state index contributed by atoms with van der Waals surface area (Å²) in [5, 5.41) is 11.7. The fraction of sp³-hybridized carbons (Fsp3) is 0.476. The van der Waals surface area contributed by atoms with Crippen LogP contribution >= 0.6 is 0 Å². The molecule has 0 amide bonds. The van der Waals surface area contributed by atoms with Crippen LogP contribution < -0.4 is 0 Å². The number of methoxy groups -OCH3 is 1. The third-order valence-electron chi connectivity index (χ3n) is 7.06. The van der Waals surface area contributed by atoms with Crippen LogP contribution in [-0.2, 0) is 16.0 Å². The number of carbonyl (C=O) groups excluding carboxylic acids is 1. The van der Waals surface area contributed by atoms with E-state index in [0.717, 1.165) is 24.9 Å². The van der Waals surface area contributed by atoms with Crippen molar-refractivity contribution in [2.24, 2.45) is 11.3 Å². The molecule has 6 rings (SSSR count). The van der Waals surface area contributed by atoms with Crippen molar-refractivity contribution < 1.29 is 14.6 Å². The Hall–Kier alpha value is -2.11. The van der Waals surface area contributed by atoms with Crippen LogP contribution in [0.1, 0.15) is 30.6 Å². The first-order valence-electron chi connectivity index (χ1n) is 9.35. The van der Waals surface area contributed by atoms with Crippen LogP contribution in [0.4, 0.5) is 0 Å². The van der Waals surface area contributed by atoms with Gasteiger partial charge >= 0.3 is 5.97 Å². The molecular weight excluding hydrogens is 328 g/mol. The Morgan fingerprint density at radius 1 is 1.46 bits per heavy atom. The second kappa shape index (κ2) is 5.44. The van der Waals surface area contributed by atoms with Crippen LogP contribution in [0.3, 0.4) is 0 Å². The van der Waals surface area contributed by atoms with Gasteiger partial charge in [0, 0.05) is 35.1 Å². The lowest BCUT2D eigenvalue weighted by atomic mass is 9.55. The van der Waals surface area contributed by atoms with E-state index in [-0.39, 0.29) is 30.6 Å². The van der Waals surface area contributed by atoms with E-state index in [1.54, 1.807) is 0 Å². The van der Waals surface area contributed by atoms with Gasteiger partial charge in [0.2, 0.25) is 0 Å². The summed E-state index contributed by atoms with van der Waals surface area (Å²) in [4.78, 5) is 19.0. The highest BCUT2D eigenvalue weighted by Crippen LogP contribution is 2.59. The normalized spacial score (nSPS) is 36.3. The van der Waals surface area contributed by atoms with Crippen molar-refractivity contribution >= 4 is 16.9 Å². The van der Waals surface area contributed by atoms with Gasteiger partial charge in [-0.3, -0.25) is 9.69 Å². The van der Waals surface area contributed by atoms with Gasteiger partial charge in [0.15, 0.2) is 0 Å². The molecule has 0 radical (unpaired) electrons. The average Bonchev–Trinajstić information content (AvgIpc) is 3.06. The van der Waals surface area contributed by atoms with Crippen molar-refractivity contribution in [2.45, 2.75) is 31.8 Å². The molecule has 5 heterocycles. The first-order valence-corrected chi connectivity index (χ1v) is 9.35. The maximum Gasteiger partial charge on any atom is 0.316 e. The number of para-hydroxylation sites is 1. The minimum Gasteiger partial charge on any atom is -0.468 e. The zero-order valence-electron chi connectivity index (χ0n) is 15.2. The summed E-state index contributed by atoms with van der Waals surface area (Å²) in [7, 11) is 1.43. The second-order valence-corrected chi connectivity index (χ2v) is 7.81. The summed E-state index contributed by atoms with van der Waals surface area (Å²) >= 11 is 0. The summed E-state index contributed by atoms with van der Waals surface area (Å²) < 4.78 is 5.22. The number of nitrogens with zero attached hydrogens (tertiary/aromatic N) is 1. The van der Waals surface area contributed by atoms with Crippen LogP contribution in [-0.4, -0.2) is 47.3 Å². The third-order valence-corrected chi connectivity index (χ3v) is 7.06. The predicted octanol–water partition coefficient (Wildman–Crippen LogP) is 2.57. The number of aromatic amines is 1. The van der Waals surface area contributed by atoms with Gasteiger partial charge in [-0.25, -0.2) is 0 Å². The van der Waals surface area contributed by atoms with E-state index < -0.39 is 5.41 Å². The topological polar surface area (TPSA) is 65.6 Å². The number of allylic oxidation sites excluding steroid dienone is 1. The van der Waals surface area contributed by atoms with E-state index in [2.05, 4.69) is 34.2 Å². The summed E-state index contributed by atoms with van der Waals surface area (Å²) in [6.07, 6.45) is 3.72. The van der Waals surface area contributed by atoms with Crippen molar-refractivity contribution in [3.05, 3.63) is 47.2 Å². The van der Waals surface area contributed by atoms with Gasteiger partial charge in [-0.1, -0.05) is 29.8 Å². The number of esters is 1. The molecule has 1 aromatic carbocycles. The van der Waals surface area contributed by atoms with Crippen LogP contribution in [0.25, 0.3) is 10.9 Å². The molecule has 26 heavy (non-hydrogen) atoms. The Kier molecular flexibility index (Phi) is 3.37. The van der Waals surface area contributed by atoms with Gasteiger partial charge in [-0.05, 0) is 31.4 Å². The van der Waals surface area contributed by atoms with E-state index in [1.165, 1.54) is 29.3 Å². The zero-order valence-corrected chi connectivity index (χ0v) is 15.2. The van der Waals surface area contributed by atoms with Gasteiger partial charge in [-0.15, -0.1) is 0 Å². The molecule has 0 spiro atoms. The number of hydrogen-bond donors (Lipinski definition) is 2. The first-order chi connectivity index (χ1) is 12.7. The number of rotatable bonds is 2. The number of aliphatic hydroxyl groups excluding tert-OH is 1. The molecule has 4 aliphatic heterocycles. The van der Waals surface area contributed by atoms with E-state index >= 15 is 0 Å². The number of fused-ring (bicyclic) bond motifs is 4. The molecule has 2 aromatic rings. The molecule has 0 aliphatic carbocycles. The number of carbonyl (C=O) groups is 1. The molecule has 4 aliphatic rings. The maximum absolute atomic E-state index is 12.9. The highest BCUT2D eigenvalue weighted by Gasteiger charge is 2.64. The summed E-state index contributed by atoms with van der Waals surface area (Å²) in [5.74, 6) is -0.245. The molecule has 5 nitrogen and oxygen atoms in total. The summed E-state index contributed by atoms with van der Waals surface area (Å²) in [6, 6.07) is 8.61. The number of benzene rings is 1. The highest BCUT2D eigenvalue weighted by atomic mass is 16.5. The number of piperidine rings is 3. The average molecular weight is 352 g/mol. The lowest BCUT2D eigenvalue weighted by Crippen LogP contribution is -2.69. The quantitative estimate of drug-likeness (QED) is 0.644. The maximum atomic E-state index is 12.9. The second-order valence-electron chi connectivity index (χ2n) is 7.81. The van der Waals surface area contributed by atoms with E-state index in [9.17, 15) is 9.90 Å². The minimum atomic E-state index is -0.874. The summed E-state index contributed by atoms with van der Waals surface area (Å²) in [5.41, 5.74) is 4.12. The van der Waals surface area contributed by atoms with Crippen molar-refractivity contribution in [2.75, 3.05) is 20.3 Å². The molecular formula is C21H24N2O3. The molecule has 3 fully saturated rings. The number of ether oxygens (including phenoxy) is 1. The SMILES string of the molecule is C/C=C1\CN2[C@H]3Cc4c([nH]c5ccccc45)[C@@H]2C[C@@H]1[C@]3(CO)C(=O)OC. The van der Waals surface area contributed by atoms with Crippen molar-refractivity contribution in [1.29, 1.82) is 0 Å². The molecule has 5 heteroatoms. The van der Waals surface area contributed by atoms with Gasteiger partial charge in [0.05, 0.1) is 19.8 Å². The lowest BCUT2D eigenvalue weighted by Gasteiger charge is -2.62. The smallest absolute Gasteiger partial charge is 0.316 e. The fourth-order valence-corrected chi connectivity index (χ4v) is 5.88. The number of aromatic nitrogens is 1. The van der Waals surface area contributed by atoms with Crippen LogP contribution in [0, 0.1) is 11.3 Å². The Balaban J connectivity index is 1.73. The van der Waals surface area contributed by atoms with Gasteiger partial charge in [0.1, 0.15) is 5.41 Å². The van der Waals surface area contributed by atoms with Gasteiger partial charge in [0.25, 0.3) is 0 Å². The number of H-pyrrole nitrogens is 1. The van der Waals surface area contributed by atoms with Crippen molar-refractivity contribution in [3.8, 4) is 0 Å². The predicted molar refractivity (Wildman–Crippen MR) is 98.6 cm³/mol. The Labute approximate surface area is 152 Å². The third kappa shape index (κ3) is 1.75. The van der Waals surface area contributed by atoms with Crippen LogP contribution in [0.2, 0.25) is 0 Å². The van der Waals surface area contributed by atoms with Crippen molar-refractivity contribution in [1.82, 2.24) is 9.88 Å². The van der Waals surface area contributed by atoms with E-state index in [1.807, 2.05) is 13.0 Å². The Morgan fingerprint density at radius 2 is 2.27 bits per heavy atom. The monoisotopic (exact) mass is 352 g/mol. The molecule has 4 bridgehead atoms. The first kappa shape index (κ1) is 16.1. The summed E-state index contributed by atoms with van der Waals surface area (Å²) in [6.45, 7) is 2.72. The minimum absolute atomic E-state index is 0.0286. The lowest BCUT2D eigenvalue weighted by molar-refractivity contribution is -0.183. The zero-order chi connectivity index (χ0) is 18.1. The van der Waals surface area contributed by atoms with Gasteiger partial charge in [-0.2, -0.15) is 0 Å².